The summed E-state index contributed by atoms with van der Waals surface area (Å²) >= 11 is 0. The smallest absolute Gasteiger partial charge is 0.186 e. The average molecular weight is 441 g/mol. The fourth-order valence-electron chi connectivity index (χ4n) is 4.80. The van der Waals surface area contributed by atoms with Gasteiger partial charge in [0, 0.05) is 5.56 Å². The molecule has 1 saturated carbocycles. The molecular formula is C26H32O6. The van der Waals surface area contributed by atoms with Crippen molar-refractivity contribution in [3.05, 3.63) is 71.8 Å². The van der Waals surface area contributed by atoms with E-state index in [9.17, 15) is 5.11 Å². The van der Waals surface area contributed by atoms with E-state index in [1.807, 2.05) is 60.7 Å². The van der Waals surface area contributed by atoms with Crippen molar-refractivity contribution in [3.8, 4) is 0 Å². The molecule has 6 atom stereocenters. The Morgan fingerprint density at radius 1 is 0.875 bits per heavy atom. The molecule has 2 saturated heterocycles. The van der Waals surface area contributed by atoms with Crippen LogP contribution in [0, 0.1) is 0 Å². The van der Waals surface area contributed by atoms with Crippen LogP contribution in [-0.4, -0.2) is 48.5 Å². The Morgan fingerprint density at radius 3 is 2.34 bits per heavy atom. The van der Waals surface area contributed by atoms with Crippen LogP contribution < -0.4 is 0 Å². The van der Waals surface area contributed by atoms with Crippen molar-refractivity contribution >= 4 is 0 Å². The largest absolute Gasteiger partial charge is 0.385 e. The third-order valence-corrected chi connectivity index (χ3v) is 6.54. The molecule has 1 N–H and O–H groups in total. The predicted octanol–water partition coefficient (Wildman–Crippen LogP) is 4.12. The summed E-state index contributed by atoms with van der Waals surface area (Å²) in [5, 5.41) is 11.2. The van der Waals surface area contributed by atoms with Gasteiger partial charge < -0.3 is 28.8 Å². The number of hydrogen-bond donors (Lipinski definition) is 1. The molecule has 2 aliphatic heterocycles. The number of aliphatic hydroxyl groups is 1. The molecule has 3 fully saturated rings. The zero-order chi connectivity index (χ0) is 21.8. The minimum Gasteiger partial charge on any atom is -0.385 e. The molecule has 0 bridgehead atoms. The van der Waals surface area contributed by atoms with Crippen LogP contribution in [0.4, 0.5) is 0 Å². The van der Waals surface area contributed by atoms with Crippen molar-refractivity contribution in [1.82, 2.24) is 0 Å². The van der Waals surface area contributed by atoms with Crippen LogP contribution in [0.1, 0.15) is 49.5 Å². The average Bonchev–Trinajstić information content (AvgIpc) is 2.86. The summed E-state index contributed by atoms with van der Waals surface area (Å²) in [7, 11) is 0. The molecule has 6 heteroatoms. The number of ether oxygens (including phenoxy) is 5. The van der Waals surface area contributed by atoms with Crippen LogP contribution in [-0.2, 0) is 30.3 Å². The van der Waals surface area contributed by atoms with E-state index < -0.39 is 30.9 Å². The van der Waals surface area contributed by atoms with E-state index >= 15 is 0 Å². The minimum absolute atomic E-state index is 0.109. The first kappa shape index (κ1) is 22.0. The predicted molar refractivity (Wildman–Crippen MR) is 118 cm³/mol. The topological polar surface area (TPSA) is 66.4 Å². The van der Waals surface area contributed by atoms with Gasteiger partial charge in [-0.1, -0.05) is 79.9 Å². The van der Waals surface area contributed by atoms with Gasteiger partial charge in [-0.15, -0.1) is 0 Å². The minimum atomic E-state index is -0.948. The maximum absolute atomic E-state index is 11.2. The lowest BCUT2D eigenvalue weighted by molar-refractivity contribution is -0.372. The first-order chi connectivity index (χ1) is 15.8. The molecule has 2 aromatic rings. The second-order valence-corrected chi connectivity index (χ2v) is 8.87. The number of rotatable bonds is 6. The lowest BCUT2D eigenvalue weighted by atomic mass is 9.95. The Labute approximate surface area is 189 Å². The Kier molecular flexibility index (Phi) is 7.17. The second-order valence-electron chi connectivity index (χ2n) is 8.87. The summed E-state index contributed by atoms with van der Waals surface area (Å²) in [5.41, 5.74) is 1.97. The summed E-state index contributed by atoms with van der Waals surface area (Å²) in [4.78, 5) is 0. The van der Waals surface area contributed by atoms with Crippen LogP contribution >= 0.6 is 0 Å². The maximum Gasteiger partial charge on any atom is 0.186 e. The molecule has 2 aromatic carbocycles. The summed E-state index contributed by atoms with van der Waals surface area (Å²) in [6.45, 7) is 0.731. The van der Waals surface area contributed by atoms with Crippen molar-refractivity contribution in [3.63, 3.8) is 0 Å². The molecule has 172 valence electrons. The number of fused-ring (bicyclic) bond motifs is 1. The van der Waals surface area contributed by atoms with Gasteiger partial charge in [0.05, 0.1) is 19.3 Å². The molecule has 1 unspecified atom stereocenters. The van der Waals surface area contributed by atoms with Gasteiger partial charge >= 0.3 is 0 Å². The summed E-state index contributed by atoms with van der Waals surface area (Å²) < 4.78 is 30.9. The van der Waals surface area contributed by atoms with Crippen LogP contribution in [0.5, 0.6) is 0 Å². The normalized spacial score (nSPS) is 33.5. The first-order valence-electron chi connectivity index (χ1n) is 11.7. The molecule has 32 heavy (non-hydrogen) atoms. The van der Waals surface area contributed by atoms with E-state index in [-0.39, 0.29) is 12.2 Å². The highest BCUT2D eigenvalue weighted by atomic mass is 16.8. The molecular weight excluding hydrogens is 408 g/mol. The molecule has 6 nitrogen and oxygen atoms in total. The van der Waals surface area contributed by atoms with Crippen molar-refractivity contribution in [2.75, 3.05) is 6.61 Å². The van der Waals surface area contributed by atoms with E-state index in [2.05, 4.69) is 0 Å². The number of aliphatic hydroxyl groups excluding tert-OH is 1. The summed E-state index contributed by atoms with van der Waals surface area (Å²) in [5.74, 6) is 0. The number of benzene rings is 2. The van der Waals surface area contributed by atoms with E-state index in [0.29, 0.717) is 13.2 Å². The molecule has 0 spiro atoms. The fourth-order valence-corrected chi connectivity index (χ4v) is 4.80. The molecule has 0 amide bonds. The van der Waals surface area contributed by atoms with Crippen molar-refractivity contribution in [2.24, 2.45) is 0 Å². The van der Waals surface area contributed by atoms with Crippen molar-refractivity contribution in [1.29, 1.82) is 0 Å². The first-order valence-corrected chi connectivity index (χ1v) is 11.7. The molecule has 0 aromatic heterocycles. The fraction of sp³-hybridized carbons (Fsp3) is 0.538. The van der Waals surface area contributed by atoms with Gasteiger partial charge in [0.15, 0.2) is 12.6 Å². The molecule has 2 heterocycles. The highest BCUT2D eigenvalue weighted by molar-refractivity contribution is 5.17. The van der Waals surface area contributed by atoms with Gasteiger partial charge in [0.2, 0.25) is 0 Å². The van der Waals surface area contributed by atoms with Gasteiger partial charge in [0.1, 0.15) is 24.4 Å². The van der Waals surface area contributed by atoms with E-state index in [0.717, 1.165) is 36.8 Å². The van der Waals surface area contributed by atoms with Crippen LogP contribution in [0.25, 0.3) is 0 Å². The highest BCUT2D eigenvalue weighted by Crippen LogP contribution is 2.37. The van der Waals surface area contributed by atoms with Crippen molar-refractivity contribution in [2.45, 2.75) is 81.8 Å². The highest BCUT2D eigenvalue weighted by Gasteiger charge is 2.51. The third kappa shape index (κ3) is 5.06. The van der Waals surface area contributed by atoms with E-state index in [4.69, 9.17) is 23.7 Å². The van der Waals surface area contributed by atoms with Crippen LogP contribution in [0.15, 0.2) is 60.7 Å². The third-order valence-electron chi connectivity index (χ3n) is 6.54. The Hall–Kier alpha value is -1.80. The van der Waals surface area contributed by atoms with E-state index in [1.165, 1.54) is 6.42 Å². The van der Waals surface area contributed by atoms with Crippen LogP contribution in [0.2, 0.25) is 0 Å². The Morgan fingerprint density at radius 2 is 1.59 bits per heavy atom. The monoisotopic (exact) mass is 440 g/mol. The SMILES string of the molecule is O[C@@H]1[C@H](OC2CCCCC2)O[C@@H]2COC(c3ccccc3)O[C@H]2[C@@H]1OCc1ccccc1. The van der Waals surface area contributed by atoms with Crippen LogP contribution in [0.3, 0.4) is 0 Å². The molecule has 5 rings (SSSR count). The van der Waals surface area contributed by atoms with Gasteiger partial charge in [-0.05, 0) is 18.4 Å². The zero-order valence-corrected chi connectivity index (χ0v) is 18.3. The lowest BCUT2D eigenvalue weighted by Gasteiger charge is -2.48. The lowest BCUT2D eigenvalue weighted by Crippen LogP contribution is -2.63. The standard InChI is InChI=1S/C26H32O6/c27-22-24(28-16-18-10-4-1-5-11-18)23-21(31-26(22)30-20-14-8-3-9-15-20)17-29-25(32-23)19-12-6-2-7-13-19/h1-2,4-7,10-13,20-27H,3,8-9,14-17H2/t21-,22+,23-,24-,25?,26-/m1/s1. The maximum atomic E-state index is 11.2. The van der Waals surface area contributed by atoms with Gasteiger partial charge in [-0.25, -0.2) is 0 Å². The molecule has 0 radical (unpaired) electrons. The summed E-state index contributed by atoms with van der Waals surface area (Å²) in [6, 6.07) is 19.8. The second kappa shape index (κ2) is 10.4. The van der Waals surface area contributed by atoms with Gasteiger partial charge in [-0.2, -0.15) is 0 Å². The van der Waals surface area contributed by atoms with E-state index in [1.54, 1.807) is 0 Å². The van der Waals surface area contributed by atoms with Crippen molar-refractivity contribution < 1.29 is 28.8 Å². The Balaban J connectivity index is 1.32. The zero-order valence-electron chi connectivity index (χ0n) is 18.3. The van der Waals surface area contributed by atoms with Gasteiger partial charge in [-0.3, -0.25) is 0 Å². The number of hydrogen-bond acceptors (Lipinski definition) is 6. The Bertz CT molecular complexity index is 825. The quantitative estimate of drug-likeness (QED) is 0.729. The molecule has 3 aliphatic rings. The molecule has 1 aliphatic carbocycles. The van der Waals surface area contributed by atoms with Gasteiger partial charge in [0.25, 0.3) is 0 Å². The summed E-state index contributed by atoms with van der Waals surface area (Å²) in [6.07, 6.45) is 2.02.